The zero-order valence-corrected chi connectivity index (χ0v) is 20.2. The number of nitrogens with zero attached hydrogens (tertiary/aromatic N) is 1. The molecule has 3 aromatic carbocycles. The lowest BCUT2D eigenvalue weighted by atomic mass is 9.98. The Morgan fingerprint density at radius 1 is 0.889 bits per heavy atom. The summed E-state index contributed by atoms with van der Waals surface area (Å²) in [4.78, 5) is 37.9. The fourth-order valence-corrected chi connectivity index (χ4v) is 4.66. The van der Waals surface area contributed by atoms with Crippen LogP contribution in [0.15, 0.2) is 78.9 Å². The van der Waals surface area contributed by atoms with Crippen molar-refractivity contribution in [1.29, 1.82) is 0 Å². The quantitative estimate of drug-likeness (QED) is 0.397. The van der Waals surface area contributed by atoms with Crippen LogP contribution in [0.5, 0.6) is 0 Å². The minimum absolute atomic E-state index is 0.0914. The number of ether oxygens (including phenoxy) is 1. The third-order valence-corrected chi connectivity index (χ3v) is 6.60. The van der Waals surface area contributed by atoms with Crippen LogP contribution in [-0.2, 0) is 9.53 Å². The van der Waals surface area contributed by atoms with Crippen LogP contribution in [0.4, 0.5) is 4.79 Å². The maximum Gasteiger partial charge on any atom is 0.410 e. The van der Waals surface area contributed by atoms with Gasteiger partial charge in [0.25, 0.3) is 5.91 Å². The summed E-state index contributed by atoms with van der Waals surface area (Å²) >= 11 is 0. The van der Waals surface area contributed by atoms with Crippen LogP contribution in [0, 0.1) is 0 Å². The molecule has 0 bridgehead atoms. The molecule has 0 spiro atoms. The van der Waals surface area contributed by atoms with Crippen molar-refractivity contribution in [2.45, 2.75) is 31.2 Å². The van der Waals surface area contributed by atoms with E-state index in [1.54, 1.807) is 24.3 Å². The molecular weight excluding hydrogens is 456 g/mol. The van der Waals surface area contributed by atoms with Crippen molar-refractivity contribution >= 4 is 18.0 Å². The van der Waals surface area contributed by atoms with Crippen molar-refractivity contribution in [3.8, 4) is 11.1 Å². The fourth-order valence-electron chi connectivity index (χ4n) is 4.66. The number of amides is 2. The normalized spacial score (nSPS) is 12.8. The number of rotatable bonds is 10. The van der Waals surface area contributed by atoms with Crippen LogP contribution >= 0.6 is 0 Å². The molecular formula is C29H30N2O5. The van der Waals surface area contributed by atoms with Gasteiger partial charge in [-0.1, -0.05) is 66.7 Å². The molecule has 7 heteroatoms. The molecule has 2 amide bonds. The molecule has 1 aliphatic rings. The smallest absolute Gasteiger partial charge is 0.410 e. The lowest BCUT2D eigenvalue weighted by Gasteiger charge is -2.25. The fraction of sp³-hybridized carbons (Fsp3) is 0.276. The van der Waals surface area contributed by atoms with Gasteiger partial charge in [-0.3, -0.25) is 9.69 Å². The highest BCUT2D eigenvalue weighted by atomic mass is 16.6. The molecule has 0 saturated heterocycles. The molecule has 7 nitrogen and oxygen atoms in total. The summed E-state index contributed by atoms with van der Waals surface area (Å²) in [6.07, 6.45) is 0.729. The standard InChI is InChI=1S/C29H30N2O5/c1-31(26(28(33)34)17-9-10-18-30-27(32)20-11-3-2-4-12-20)29(35)36-19-25-23-15-7-5-13-21(23)22-14-6-8-16-24(22)25/h2-8,11-16,25-26H,9-10,17-19H2,1H3,(H,30,32)(H,33,34)/t26-/m0/s1. The second-order valence-electron chi connectivity index (χ2n) is 8.89. The molecule has 0 aromatic heterocycles. The van der Waals surface area contributed by atoms with Gasteiger partial charge in [-0.2, -0.15) is 0 Å². The molecule has 0 unspecified atom stereocenters. The van der Waals surface area contributed by atoms with Crippen LogP contribution in [-0.4, -0.2) is 54.2 Å². The molecule has 0 heterocycles. The van der Waals surface area contributed by atoms with Gasteiger partial charge >= 0.3 is 12.1 Å². The first-order chi connectivity index (χ1) is 17.5. The van der Waals surface area contributed by atoms with E-state index in [4.69, 9.17) is 4.74 Å². The largest absolute Gasteiger partial charge is 0.480 e. The third kappa shape index (κ3) is 5.57. The summed E-state index contributed by atoms with van der Waals surface area (Å²) < 4.78 is 5.61. The number of likely N-dealkylation sites (N-methyl/N-ethyl adjacent to an activating group) is 1. The number of hydrogen-bond donors (Lipinski definition) is 2. The summed E-state index contributed by atoms with van der Waals surface area (Å²) in [6.45, 7) is 0.559. The van der Waals surface area contributed by atoms with Crippen molar-refractivity contribution in [2.75, 3.05) is 20.2 Å². The topological polar surface area (TPSA) is 95.9 Å². The van der Waals surface area contributed by atoms with Gasteiger partial charge < -0.3 is 15.2 Å². The second kappa shape index (κ2) is 11.5. The van der Waals surface area contributed by atoms with E-state index < -0.39 is 18.1 Å². The number of carbonyl (C=O) groups excluding carboxylic acids is 2. The Balaban J connectivity index is 1.28. The van der Waals surface area contributed by atoms with E-state index in [0.29, 0.717) is 24.9 Å². The van der Waals surface area contributed by atoms with E-state index in [1.165, 1.54) is 7.05 Å². The third-order valence-electron chi connectivity index (χ3n) is 6.60. The van der Waals surface area contributed by atoms with Crippen LogP contribution < -0.4 is 5.32 Å². The van der Waals surface area contributed by atoms with Gasteiger partial charge in [-0.25, -0.2) is 9.59 Å². The number of unbranched alkanes of at least 4 members (excludes halogenated alkanes) is 1. The van der Waals surface area contributed by atoms with Crippen molar-refractivity contribution in [2.24, 2.45) is 0 Å². The summed E-state index contributed by atoms with van der Waals surface area (Å²) in [6, 6.07) is 24.0. The number of fused-ring (bicyclic) bond motifs is 3. The number of benzene rings is 3. The maximum atomic E-state index is 12.8. The highest BCUT2D eigenvalue weighted by Crippen LogP contribution is 2.44. The van der Waals surface area contributed by atoms with E-state index >= 15 is 0 Å². The van der Waals surface area contributed by atoms with Crippen LogP contribution in [0.2, 0.25) is 0 Å². The molecule has 2 N–H and O–H groups in total. The van der Waals surface area contributed by atoms with Crippen LogP contribution in [0.1, 0.15) is 46.7 Å². The average molecular weight is 487 g/mol. The van der Waals surface area contributed by atoms with Crippen molar-refractivity contribution in [1.82, 2.24) is 10.2 Å². The number of hydrogen-bond acceptors (Lipinski definition) is 4. The minimum atomic E-state index is -1.08. The van der Waals surface area contributed by atoms with E-state index in [0.717, 1.165) is 27.2 Å². The Kier molecular flexibility index (Phi) is 8.00. The van der Waals surface area contributed by atoms with Gasteiger partial charge in [-0.05, 0) is 53.6 Å². The lowest BCUT2D eigenvalue weighted by Crippen LogP contribution is -2.43. The van der Waals surface area contributed by atoms with E-state index in [2.05, 4.69) is 17.4 Å². The number of carboxylic acids is 1. The second-order valence-corrected chi connectivity index (χ2v) is 8.89. The van der Waals surface area contributed by atoms with Gasteiger partial charge in [0, 0.05) is 25.1 Å². The Morgan fingerprint density at radius 3 is 2.08 bits per heavy atom. The molecule has 1 atom stereocenters. The molecule has 186 valence electrons. The van der Waals surface area contributed by atoms with Gasteiger partial charge in [0.15, 0.2) is 0 Å². The molecule has 0 fully saturated rings. The highest BCUT2D eigenvalue weighted by molar-refractivity contribution is 5.94. The average Bonchev–Trinajstić information content (AvgIpc) is 3.22. The first kappa shape index (κ1) is 25.0. The SMILES string of the molecule is CN(C(=O)OCC1c2ccccc2-c2ccccc21)[C@@H](CCCCNC(=O)c1ccccc1)C(=O)O. The van der Waals surface area contributed by atoms with Crippen LogP contribution in [0.3, 0.4) is 0 Å². The number of carbonyl (C=O) groups is 3. The Labute approximate surface area is 210 Å². The highest BCUT2D eigenvalue weighted by Gasteiger charge is 2.31. The lowest BCUT2D eigenvalue weighted by molar-refractivity contribution is -0.142. The zero-order chi connectivity index (χ0) is 25.5. The predicted molar refractivity (Wildman–Crippen MR) is 137 cm³/mol. The summed E-state index contributed by atoms with van der Waals surface area (Å²) in [7, 11) is 1.45. The molecule has 0 radical (unpaired) electrons. The summed E-state index contributed by atoms with van der Waals surface area (Å²) in [5.74, 6) is -1.34. The Bertz CT molecular complexity index is 1180. The van der Waals surface area contributed by atoms with Gasteiger partial charge in [0.1, 0.15) is 12.6 Å². The number of aliphatic carboxylic acids is 1. The number of carboxylic acid groups (broad SMARTS) is 1. The van der Waals surface area contributed by atoms with Crippen molar-refractivity contribution in [3.63, 3.8) is 0 Å². The van der Waals surface area contributed by atoms with E-state index in [-0.39, 0.29) is 24.9 Å². The molecule has 4 rings (SSSR count). The summed E-state index contributed by atoms with van der Waals surface area (Å²) in [5, 5.41) is 12.5. The minimum Gasteiger partial charge on any atom is -0.480 e. The first-order valence-corrected chi connectivity index (χ1v) is 12.1. The Morgan fingerprint density at radius 2 is 1.47 bits per heavy atom. The number of nitrogens with one attached hydrogen (secondary N) is 1. The predicted octanol–water partition coefficient (Wildman–Crippen LogP) is 4.92. The zero-order valence-electron chi connectivity index (χ0n) is 20.2. The first-order valence-electron chi connectivity index (χ1n) is 12.1. The van der Waals surface area contributed by atoms with Gasteiger partial charge in [0.2, 0.25) is 0 Å². The Hall–Kier alpha value is -4.13. The van der Waals surface area contributed by atoms with E-state index in [1.807, 2.05) is 42.5 Å². The molecule has 0 aliphatic heterocycles. The summed E-state index contributed by atoms with van der Waals surface area (Å²) in [5.41, 5.74) is 5.04. The van der Waals surface area contributed by atoms with Crippen LogP contribution in [0.25, 0.3) is 11.1 Å². The monoisotopic (exact) mass is 486 g/mol. The van der Waals surface area contributed by atoms with Gasteiger partial charge in [-0.15, -0.1) is 0 Å². The van der Waals surface area contributed by atoms with Crippen molar-refractivity contribution in [3.05, 3.63) is 95.6 Å². The molecule has 1 aliphatic carbocycles. The van der Waals surface area contributed by atoms with Crippen molar-refractivity contribution < 1.29 is 24.2 Å². The maximum absolute atomic E-state index is 12.8. The molecule has 36 heavy (non-hydrogen) atoms. The van der Waals surface area contributed by atoms with Gasteiger partial charge in [0.05, 0.1) is 0 Å². The van der Waals surface area contributed by atoms with E-state index in [9.17, 15) is 19.5 Å². The molecule has 3 aromatic rings. The molecule has 0 saturated carbocycles.